The summed E-state index contributed by atoms with van der Waals surface area (Å²) in [4.78, 5) is 46.6. The number of ketones is 1. The highest BCUT2D eigenvalue weighted by Crippen LogP contribution is 2.18. The van der Waals surface area contributed by atoms with Gasteiger partial charge in [-0.1, -0.05) is 12.1 Å². The zero-order chi connectivity index (χ0) is 23.7. The molecule has 11 heteroatoms. The molecule has 168 valence electrons. The van der Waals surface area contributed by atoms with Crippen LogP contribution in [0.3, 0.4) is 0 Å². The number of allylic oxidation sites excluding steroid dienone is 1. The summed E-state index contributed by atoms with van der Waals surface area (Å²) in [6.07, 6.45) is -3.98. The fourth-order valence-electron chi connectivity index (χ4n) is 2.34. The van der Waals surface area contributed by atoms with Gasteiger partial charge in [-0.15, -0.1) is 0 Å². The Balaban J connectivity index is 1.94. The first-order chi connectivity index (χ1) is 15.1. The smallest absolute Gasteiger partial charge is 0.452 e. The van der Waals surface area contributed by atoms with Gasteiger partial charge < -0.3 is 20.7 Å². The number of amides is 2. The maximum absolute atomic E-state index is 12.3. The van der Waals surface area contributed by atoms with Crippen LogP contribution in [-0.2, 0) is 14.3 Å². The summed E-state index contributed by atoms with van der Waals surface area (Å²) in [7, 11) is 1.48. The standard InChI is InChI=1S/C21H18F3N3O5/c1-25-19(30)13-6-8-14(9-7-13)27-18(29)12-32-20(31)15-4-2-3-5-16(15)26-11-10-17(28)21(22,23)24/h2-11,26H,12H2,1H3,(H,25,30)(H,27,29). The number of hydrogen-bond donors (Lipinski definition) is 3. The third kappa shape index (κ3) is 6.97. The fourth-order valence-corrected chi connectivity index (χ4v) is 2.34. The summed E-state index contributed by atoms with van der Waals surface area (Å²) < 4.78 is 41.6. The van der Waals surface area contributed by atoms with Crippen molar-refractivity contribution in [3.63, 3.8) is 0 Å². The second-order valence-electron chi connectivity index (χ2n) is 6.17. The highest BCUT2D eigenvalue weighted by molar-refractivity contribution is 5.99. The number of nitrogens with one attached hydrogen (secondary N) is 3. The number of rotatable bonds is 8. The molecule has 0 aliphatic heterocycles. The Hall–Kier alpha value is -4.15. The molecule has 0 aliphatic rings. The minimum absolute atomic E-state index is 0.0562. The van der Waals surface area contributed by atoms with Crippen LogP contribution in [0.15, 0.2) is 60.8 Å². The lowest BCUT2D eigenvalue weighted by atomic mass is 10.2. The molecule has 0 saturated heterocycles. The molecular formula is C21H18F3N3O5. The van der Waals surface area contributed by atoms with Gasteiger partial charge in [0, 0.05) is 30.6 Å². The van der Waals surface area contributed by atoms with E-state index in [0.717, 1.165) is 6.20 Å². The SMILES string of the molecule is CNC(=O)c1ccc(NC(=O)COC(=O)c2ccccc2NC=CC(=O)C(F)(F)F)cc1. The van der Waals surface area contributed by atoms with E-state index in [9.17, 15) is 32.3 Å². The molecule has 2 aromatic rings. The van der Waals surface area contributed by atoms with Crippen LogP contribution < -0.4 is 16.0 Å². The van der Waals surface area contributed by atoms with Crippen molar-refractivity contribution >= 4 is 34.9 Å². The van der Waals surface area contributed by atoms with Crippen molar-refractivity contribution in [1.82, 2.24) is 5.32 Å². The van der Waals surface area contributed by atoms with E-state index < -0.39 is 30.4 Å². The van der Waals surface area contributed by atoms with Crippen LogP contribution >= 0.6 is 0 Å². The van der Waals surface area contributed by atoms with Crippen molar-refractivity contribution in [1.29, 1.82) is 0 Å². The number of hydrogen-bond acceptors (Lipinski definition) is 6. The first kappa shape index (κ1) is 24.1. The van der Waals surface area contributed by atoms with Gasteiger partial charge in [0.1, 0.15) is 0 Å². The van der Waals surface area contributed by atoms with Crippen LogP contribution in [0.1, 0.15) is 20.7 Å². The molecule has 2 amide bonds. The average molecular weight is 449 g/mol. The molecule has 8 nitrogen and oxygen atoms in total. The zero-order valence-corrected chi connectivity index (χ0v) is 16.7. The molecule has 0 unspecified atom stereocenters. The van der Waals surface area contributed by atoms with E-state index in [-0.39, 0.29) is 23.2 Å². The van der Waals surface area contributed by atoms with Gasteiger partial charge in [0.15, 0.2) is 6.61 Å². The second-order valence-corrected chi connectivity index (χ2v) is 6.17. The lowest BCUT2D eigenvalue weighted by Crippen LogP contribution is -2.22. The maximum atomic E-state index is 12.3. The first-order valence-electron chi connectivity index (χ1n) is 9.04. The van der Waals surface area contributed by atoms with Gasteiger partial charge in [-0.2, -0.15) is 13.2 Å². The van der Waals surface area contributed by atoms with Gasteiger partial charge in [0.05, 0.1) is 11.3 Å². The summed E-state index contributed by atoms with van der Waals surface area (Å²) in [5, 5.41) is 7.36. The molecule has 0 fully saturated rings. The minimum Gasteiger partial charge on any atom is -0.452 e. The van der Waals surface area contributed by atoms with E-state index in [4.69, 9.17) is 4.74 Å². The van der Waals surface area contributed by atoms with Crippen LogP contribution in [0.2, 0.25) is 0 Å². The van der Waals surface area contributed by atoms with Crippen LogP contribution in [0.25, 0.3) is 0 Å². The van der Waals surface area contributed by atoms with Gasteiger partial charge in [-0.05, 0) is 36.4 Å². The number of halogens is 3. The number of esters is 1. The molecule has 0 spiro atoms. The van der Waals surface area contributed by atoms with E-state index >= 15 is 0 Å². The first-order valence-corrected chi connectivity index (χ1v) is 9.04. The number of para-hydroxylation sites is 1. The Labute approximate surface area is 180 Å². The largest absolute Gasteiger partial charge is 0.454 e. The molecule has 2 rings (SSSR count). The van der Waals surface area contributed by atoms with Crippen molar-refractivity contribution < 1.29 is 37.1 Å². The summed E-state index contributed by atoms with van der Waals surface area (Å²) in [5.41, 5.74) is 0.792. The molecular weight excluding hydrogens is 431 g/mol. The molecule has 0 radical (unpaired) electrons. The number of carbonyl (C=O) groups excluding carboxylic acids is 4. The van der Waals surface area contributed by atoms with E-state index in [0.29, 0.717) is 11.3 Å². The molecule has 0 aliphatic carbocycles. The van der Waals surface area contributed by atoms with Gasteiger partial charge in [-0.25, -0.2) is 4.79 Å². The van der Waals surface area contributed by atoms with Crippen LogP contribution in [0.5, 0.6) is 0 Å². The normalized spacial score (nSPS) is 11.0. The maximum Gasteiger partial charge on any atom is 0.454 e. The van der Waals surface area contributed by atoms with E-state index in [1.165, 1.54) is 55.6 Å². The molecule has 0 atom stereocenters. The second kappa shape index (κ2) is 10.8. The van der Waals surface area contributed by atoms with Crippen molar-refractivity contribution in [3.8, 4) is 0 Å². The minimum atomic E-state index is -5.01. The quantitative estimate of drug-likeness (QED) is 0.422. The Kier molecular flexibility index (Phi) is 8.11. The Morgan fingerprint density at radius 1 is 1.00 bits per heavy atom. The number of carbonyl (C=O) groups is 4. The van der Waals surface area contributed by atoms with Gasteiger partial charge in [0.2, 0.25) is 0 Å². The predicted octanol–water partition coefficient (Wildman–Crippen LogP) is 2.90. The highest BCUT2D eigenvalue weighted by Gasteiger charge is 2.36. The highest BCUT2D eigenvalue weighted by atomic mass is 19.4. The molecule has 3 N–H and O–H groups in total. The summed E-state index contributed by atoms with van der Waals surface area (Å²) in [6.45, 7) is -0.632. The van der Waals surface area contributed by atoms with Gasteiger partial charge in [0.25, 0.3) is 17.6 Å². The lowest BCUT2D eigenvalue weighted by Gasteiger charge is -2.10. The zero-order valence-electron chi connectivity index (χ0n) is 16.7. The monoisotopic (exact) mass is 449 g/mol. The van der Waals surface area contributed by atoms with Crippen LogP contribution in [0.4, 0.5) is 24.5 Å². The third-order valence-electron chi connectivity index (χ3n) is 3.89. The number of anilines is 2. The fraction of sp³-hybridized carbons (Fsp3) is 0.143. The Bertz CT molecular complexity index is 1030. The Morgan fingerprint density at radius 3 is 2.28 bits per heavy atom. The van der Waals surface area contributed by atoms with Gasteiger partial charge >= 0.3 is 12.1 Å². The van der Waals surface area contributed by atoms with Crippen molar-refractivity contribution in [2.75, 3.05) is 24.3 Å². The van der Waals surface area contributed by atoms with Crippen LogP contribution in [-0.4, -0.2) is 43.4 Å². The number of ether oxygens (including phenoxy) is 1. The van der Waals surface area contributed by atoms with Gasteiger partial charge in [-0.3, -0.25) is 14.4 Å². The summed E-state index contributed by atoms with van der Waals surface area (Å²) in [5.74, 6) is -3.91. The lowest BCUT2D eigenvalue weighted by molar-refractivity contribution is -0.165. The average Bonchev–Trinajstić information content (AvgIpc) is 2.77. The van der Waals surface area contributed by atoms with Crippen LogP contribution in [0, 0.1) is 0 Å². The van der Waals surface area contributed by atoms with E-state index in [1.807, 2.05) is 0 Å². The molecule has 0 saturated carbocycles. The molecule has 0 bridgehead atoms. The van der Waals surface area contributed by atoms with Crippen molar-refractivity contribution in [3.05, 3.63) is 71.9 Å². The molecule has 32 heavy (non-hydrogen) atoms. The van der Waals surface area contributed by atoms with Crippen molar-refractivity contribution in [2.24, 2.45) is 0 Å². The summed E-state index contributed by atoms with van der Waals surface area (Å²) in [6, 6.07) is 11.7. The molecule has 0 aromatic heterocycles. The topological polar surface area (TPSA) is 114 Å². The Morgan fingerprint density at radius 2 is 1.66 bits per heavy atom. The number of alkyl halides is 3. The van der Waals surface area contributed by atoms with E-state index in [1.54, 1.807) is 0 Å². The van der Waals surface area contributed by atoms with E-state index in [2.05, 4.69) is 16.0 Å². The molecule has 2 aromatic carbocycles. The third-order valence-corrected chi connectivity index (χ3v) is 3.89. The van der Waals surface area contributed by atoms with Crippen molar-refractivity contribution in [2.45, 2.75) is 6.18 Å². The predicted molar refractivity (Wildman–Crippen MR) is 109 cm³/mol. The molecule has 0 heterocycles. The summed E-state index contributed by atoms with van der Waals surface area (Å²) >= 11 is 0. The number of benzene rings is 2.